The molecular formula is C17H17NO2. The fourth-order valence-corrected chi connectivity index (χ4v) is 1.94. The number of ether oxygens (including phenoxy) is 1. The number of methoxy groups -OCH3 is 1. The Balaban J connectivity index is 2.04. The first-order valence-electron chi connectivity index (χ1n) is 6.47. The quantitative estimate of drug-likeness (QED) is 0.778. The van der Waals surface area contributed by atoms with Crippen LogP contribution in [0.15, 0.2) is 55.2 Å². The molecule has 0 radical (unpaired) electrons. The van der Waals surface area contributed by atoms with E-state index in [4.69, 9.17) is 4.74 Å². The highest BCUT2D eigenvalue weighted by atomic mass is 16.5. The van der Waals surface area contributed by atoms with Crippen LogP contribution in [-0.2, 0) is 11.2 Å². The van der Waals surface area contributed by atoms with E-state index in [1.165, 1.54) is 12.7 Å². The summed E-state index contributed by atoms with van der Waals surface area (Å²) in [5.41, 5.74) is 3.42. The number of carbonyl (C=O) groups excluding carboxylic acids is 1. The van der Waals surface area contributed by atoms with Crippen LogP contribution in [0.4, 0.5) is 0 Å². The van der Waals surface area contributed by atoms with E-state index in [2.05, 4.69) is 23.7 Å². The van der Waals surface area contributed by atoms with E-state index in [0.717, 1.165) is 24.1 Å². The van der Waals surface area contributed by atoms with Crippen LogP contribution in [-0.4, -0.2) is 18.1 Å². The molecule has 0 aliphatic carbocycles. The topological polar surface area (TPSA) is 39.2 Å². The van der Waals surface area contributed by atoms with E-state index in [9.17, 15) is 4.79 Å². The number of hydrogen-bond acceptors (Lipinski definition) is 3. The van der Waals surface area contributed by atoms with Gasteiger partial charge in [-0.3, -0.25) is 4.98 Å². The minimum Gasteiger partial charge on any atom is -0.465 e. The number of carbonyl (C=O) groups is 1. The Labute approximate surface area is 118 Å². The van der Waals surface area contributed by atoms with Crippen LogP contribution in [0.2, 0.25) is 0 Å². The number of benzene rings is 1. The van der Waals surface area contributed by atoms with Gasteiger partial charge in [-0.15, -0.1) is 0 Å². The third kappa shape index (κ3) is 3.54. The van der Waals surface area contributed by atoms with Crippen LogP contribution >= 0.6 is 0 Å². The SMILES string of the molecule is C=C(CCc1ccccc1)c1cc(C(=O)OC)ccn1. The van der Waals surface area contributed by atoms with Crippen LogP contribution in [0.1, 0.15) is 28.0 Å². The summed E-state index contributed by atoms with van der Waals surface area (Å²) >= 11 is 0. The fourth-order valence-electron chi connectivity index (χ4n) is 1.94. The van der Waals surface area contributed by atoms with Gasteiger partial charge in [-0.1, -0.05) is 36.9 Å². The van der Waals surface area contributed by atoms with Crippen molar-refractivity contribution in [3.8, 4) is 0 Å². The van der Waals surface area contributed by atoms with Crippen LogP contribution in [0.25, 0.3) is 5.57 Å². The number of aryl methyl sites for hydroxylation is 1. The lowest BCUT2D eigenvalue weighted by Gasteiger charge is -2.07. The average Bonchev–Trinajstić information content (AvgIpc) is 2.53. The maximum absolute atomic E-state index is 11.5. The smallest absolute Gasteiger partial charge is 0.337 e. The number of rotatable bonds is 5. The van der Waals surface area contributed by atoms with E-state index in [1.807, 2.05) is 18.2 Å². The molecule has 0 atom stereocenters. The summed E-state index contributed by atoms with van der Waals surface area (Å²) in [7, 11) is 1.37. The average molecular weight is 267 g/mol. The summed E-state index contributed by atoms with van der Waals surface area (Å²) in [5.74, 6) is -0.357. The Morgan fingerprint density at radius 3 is 2.70 bits per heavy atom. The lowest BCUT2D eigenvalue weighted by molar-refractivity contribution is 0.0600. The molecule has 0 fully saturated rings. The first-order chi connectivity index (χ1) is 9.70. The number of esters is 1. The monoisotopic (exact) mass is 267 g/mol. The fraction of sp³-hybridized carbons (Fsp3) is 0.176. The first-order valence-corrected chi connectivity index (χ1v) is 6.47. The van der Waals surface area contributed by atoms with E-state index in [0.29, 0.717) is 5.56 Å². The summed E-state index contributed by atoms with van der Waals surface area (Å²) in [6.45, 7) is 4.05. The predicted octanol–water partition coefficient (Wildman–Crippen LogP) is 3.51. The number of pyridine rings is 1. The number of nitrogens with zero attached hydrogens (tertiary/aromatic N) is 1. The number of allylic oxidation sites excluding steroid dienone is 1. The van der Waals surface area contributed by atoms with Crippen molar-refractivity contribution < 1.29 is 9.53 Å². The van der Waals surface area contributed by atoms with Crippen molar-refractivity contribution in [3.05, 3.63) is 72.1 Å². The highest BCUT2D eigenvalue weighted by Crippen LogP contribution is 2.18. The van der Waals surface area contributed by atoms with Crippen LogP contribution in [0, 0.1) is 0 Å². The van der Waals surface area contributed by atoms with Crippen molar-refractivity contribution in [1.29, 1.82) is 0 Å². The van der Waals surface area contributed by atoms with Crippen molar-refractivity contribution in [3.63, 3.8) is 0 Å². The molecule has 0 saturated carbocycles. The number of aromatic nitrogens is 1. The van der Waals surface area contributed by atoms with Crippen molar-refractivity contribution >= 4 is 11.5 Å². The van der Waals surface area contributed by atoms with Gasteiger partial charge in [0.2, 0.25) is 0 Å². The Bertz CT molecular complexity index is 605. The Hall–Kier alpha value is -2.42. The van der Waals surface area contributed by atoms with E-state index in [1.54, 1.807) is 18.3 Å². The molecule has 3 heteroatoms. The maximum atomic E-state index is 11.5. The molecule has 0 aliphatic heterocycles. The molecule has 1 aromatic carbocycles. The molecule has 1 aromatic heterocycles. The molecule has 1 heterocycles. The molecule has 20 heavy (non-hydrogen) atoms. The number of hydrogen-bond donors (Lipinski definition) is 0. The summed E-state index contributed by atoms with van der Waals surface area (Å²) < 4.78 is 4.70. The molecule has 2 rings (SSSR count). The molecule has 0 N–H and O–H groups in total. The molecule has 0 amide bonds. The van der Waals surface area contributed by atoms with Crippen molar-refractivity contribution in [2.75, 3.05) is 7.11 Å². The largest absolute Gasteiger partial charge is 0.465 e. The minimum atomic E-state index is -0.357. The van der Waals surface area contributed by atoms with Gasteiger partial charge in [-0.05, 0) is 36.1 Å². The normalized spacial score (nSPS) is 10.1. The lowest BCUT2D eigenvalue weighted by Crippen LogP contribution is -2.02. The standard InChI is InChI=1S/C17H17NO2/c1-13(8-9-14-6-4-3-5-7-14)16-12-15(10-11-18-16)17(19)20-2/h3-7,10-12H,1,8-9H2,2H3. The van der Waals surface area contributed by atoms with E-state index < -0.39 is 0 Å². The predicted molar refractivity (Wildman–Crippen MR) is 79.4 cm³/mol. The molecule has 3 nitrogen and oxygen atoms in total. The van der Waals surface area contributed by atoms with Crippen LogP contribution in [0.3, 0.4) is 0 Å². The summed E-state index contributed by atoms with van der Waals surface area (Å²) in [6, 6.07) is 13.6. The van der Waals surface area contributed by atoms with Crippen LogP contribution in [0.5, 0.6) is 0 Å². The lowest BCUT2D eigenvalue weighted by atomic mass is 10.0. The van der Waals surface area contributed by atoms with E-state index >= 15 is 0 Å². The first kappa shape index (κ1) is 14.0. The summed E-state index contributed by atoms with van der Waals surface area (Å²) in [5, 5.41) is 0. The summed E-state index contributed by atoms with van der Waals surface area (Å²) in [4.78, 5) is 15.7. The molecular weight excluding hydrogens is 250 g/mol. The van der Waals surface area contributed by atoms with Gasteiger partial charge in [0.25, 0.3) is 0 Å². The third-order valence-electron chi connectivity index (χ3n) is 3.10. The maximum Gasteiger partial charge on any atom is 0.337 e. The van der Waals surface area contributed by atoms with Gasteiger partial charge in [-0.2, -0.15) is 0 Å². The minimum absolute atomic E-state index is 0.357. The van der Waals surface area contributed by atoms with Crippen molar-refractivity contribution in [1.82, 2.24) is 4.98 Å². The Morgan fingerprint density at radius 2 is 2.00 bits per heavy atom. The Kier molecular flexibility index (Phi) is 4.66. The second kappa shape index (κ2) is 6.66. The second-order valence-corrected chi connectivity index (χ2v) is 4.51. The summed E-state index contributed by atoms with van der Waals surface area (Å²) in [6.07, 6.45) is 3.32. The van der Waals surface area contributed by atoms with Crippen molar-refractivity contribution in [2.45, 2.75) is 12.8 Å². The van der Waals surface area contributed by atoms with Gasteiger partial charge in [0, 0.05) is 6.20 Å². The third-order valence-corrected chi connectivity index (χ3v) is 3.10. The zero-order valence-corrected chi connectivity index (χ0v) is 11.5. The van der Waals surface area contributed by atoms with Gasteiger partial charge >= 0.3 is 5.97 Å². The zero-order chi connectivity index (χ0) is 14.4. The molecule has 2 aromatic rings. The van der Waals surface area contributed by atoms with Crippen molar-refractivity contribution in [2.24, 2.45) is 0 Å². The highest BCUT2D eigenvalue weighted by molar-refractivity contribution is 5.90. The molecule has 0 aliphatic rings. The van der Waals surface area contributed by atoms with E-state index in [-0.39, 0.29) is 5.97 Å². The van der Waals surface area contributed by atoms with Crippen LogP contribution < -0.4 is 0 Å². The zero-order valence-electron chi connectivity index (χ0n) is 11.5. The molecule has 0 saturated heterocycles. The Morgan fingerprint density at radius 1 is 1.25 bits per heavy atom. The van der Waals surface area contributed by atoms with Gasteiger partial charge in [0.1, 0.15) is 0 Å². The molecule has 0 unspecified atom stereocenters. The molecule has 102 valence electrons. The van der Waals surface area contributed by atoms with Gasteiger partial charge in [0.05, 0.1) is 18.4 Å². The van der Waals surface area contributed by atoms with Gasteiger partial charge in [-0.25, -0.2) is 4.79 Å². The molecule has 0 bridgehead atoms. The van der Waals surface area contributed by atoms with Gasteiger partial charge in [0.15, 0.2) is 0 Å². The second-order valence-electron chi connectivity index (χ2n) is 4.51. The molecule has 0 spiro atoms. The van der Waals surface area contributed by atoms with Gasteiger partial charge < -0.3 is 4.74 Å². The highest BCUT2D eigenvalue weighted by Gasteiger charge is 2.08.